The molecule has 0 atom stereocenters. The molecule has 2 rings (SSSR count). The molecular formula is C15H12BrClN4O5. The molecule has 0 spiro atoms. The number of nitro groups is 1. The molecule has 0 unspecified atom stereocenters. The van der Waals surface area contributed by atoms with Crippen LogP contribution in [-0.2, 0) is 9.53 Å². The van der Waals surface area contributed by atoms with Crippen LogP contribution in [0.15, 0.2) is 40.0 Å². The third-order valence-corrected chi connectivity index (χ3v) is 3.80. The van der Waals surface area contributed by atoms with Gasteiger partial charge in [0, 0.05) is 6.07 Å². The van der Waals surface area contributed by atoms with Crippen LogP contribution in [0.4, 0.5) is 11.5 Å². The quantitative estimate of drug-likeness (QED) is 0.302. The number of benzene rings is 1. The lowest BCUT2D eigenvalue weighted by Crippen LogP contribution is -2.13. The summed E-state index contributed by atoms with van der Waals surface area (Å²) in [7, 11) is 1.26. The van der Waals surface area contributed by atoms with Gasteiger partial charge in [-0.05, 0) is 39.7 Å². The largest absolute Gasteiger partial charge is 0.479 e. The number of hydrogen-bond acceptors (Lipinski definition) is 8. The fourth-order valence-corrected chi connectivity index (χ4v) is 2.70. The summed E-state index contributed by atoms with van der Waals surface area (Å²) in [6, 6.07) is 6.02. The molecule has 136 valence electrons. The van der Waals surface area contributed by atoms with E-state index in [1.54, 1.807) is 12.1 Å². The maximum absolute atomic E-state index is 11.1. The average Bonchev–Trinajstić information content (AvgIpc) is 2.61. The normalized spacial score (nSPS) is 10.6. The fourth-order valence-electron chi connectivity index (χ4n) is 1.72. The number of anilines is 1. The van der Waals surface area contributed by atoms with Crippen LogP contribution in [0, 0.1) is 10.1 Å². The second kappa shape index (κ2) is 9.11. The molecule has 9 nitrogen and oxygen atoms in total. The molecule has 0 aliphatic rings. The second-order valence-electron chi connectivity index (χ2n) is 4.71. The van der Waals surface area contributed by atoms with Crippen molar-refractivity contribution in [2.24, 2.45) is 5.10 Å². The first kappa shape index (κ1) is 19.6. The van der Waals surface area contributed by atoms with E-state index >= 15 is 0 Å². The highest BCUT2D eigenvalue weighted by atomic mass is 79.9. The Morgan fingerprint density at radius 2 is 2.27 bits per heavy atom. The van der Waals surface area contributed by atoms with E-state index in [4.69, 9.17) is 16.3 Å². The second-order valence-corrected chi connectivity index (χ2v) is 5.97. The van der Waals surface area contributed by atoms with E-state index in [1.165, 1.54) is 25.5 Å². The van der Waals surface area contributed by atoms with Gasteiger partial charge in [-0.25, -0.2) is 9.78 Å². The number of halogens is 2. The van der Waals surface area contributed by atoms with Gasteiger partial charge in [0.1, 0.15) is 12.0 Å². The van der Waals surface area contributed by atoms with Crippen LogP contribution in [0.1, 0.15) is 5.56 Å². The maximum Gasteiger partial charge on any atom is 0.343 e. The van der Waals surface area contributed by atoms with Gasteiger partial charge in [0.25, 0.3) is 5.69 Å². The number of methoxy groups -OCH3 is 1. The monoisotopic (exact) mass is 442 g/mol. The zero-order valence-electron chi connectivity index (χ0n) is 13.3. The minimum absolute atomic E-state index is 0.113. The van der Waals surface area contributed by atoms with Crippen molar-refractivity contribution in [2.45, 2.75) is 0 Å². The van der Waals surface area contributed by atoms with Crippen LogP contribution < -0.4 is 10.2 Å². The Bertz CT molecular complexity index is 821. The topological polar surface area (TPSA) is 116 Å². The Labute approximate surface area is 161 Å². The van der Waals surface area contributed by atoms with Gasteiger partial charge >= 0.3 is 5.97 Å². The van der Waals surface area contributed by atoms with Crippen molar-refractivity contribution >= 4 is 51.2 Å². The fraction of sp³-hybridized carbons (Fsp3) is 0.133. The average molecular weight is 444 g/mol. The first-order valence-electron chi connectivity index (χ1n) is 6.99. The number of aromatic nitrogens is 1. The molecule has 0 radical (unpaired) electrons. The van der Waals surface area contributed by atoms with Crippen molar-refractivity contribution in [1.82, 2.24) is 4.98 Å². The molecule has 0 aliphatic heterocycles. The summed E-state index contributed by atoms with van der Waals surface area (Å²) >= 11 is 9.45. The molecule has 2 aromatic rings. The predicted octanol–water partition coefficient (Wildman–Crippen LogP) is 3.40. The van der Waals surface area contributed by atoms with Gasteiger partial charge in [-0.15, -0.1) is 0 Å². The molecule has 26 heavy (non-hydrogen) atoms. The summed E-state index contributed by atoms with van der Waals surface area (Å²) < 4.78 is 10.3. The number of pyridine rings is 1. The van der Waals surface area contributed by atoms with E-state index in [1.807, 2.05) is 0 Å². The summed E-state index contributed by atoms with van der Waals surface area (Å²) in [6.45, 7) is -0.268. The van der Waals surface area contributed by atoms with Crippen LogP contribution >= 0.6 is 27.5 Å². The number of hydrazone groups is 1. The Hall–Kier alpha value is -2.72. The molecule has 0 fully saturated rings. The zero-order valence-corrected chi connectivity index (χ0v) is 15.7. The van der Waals surface area contributed by atoms with E-state index in [-0.39, 0.29) is 17.3 Å². The molecule has 0 amide bonds. The SMILES string of the molecule is COC(=O)COc1c(Cl)cc(/C=N\Nc2ccc([N+](=O)[O-])cn2)cc1Br. The smallest absolute Gasteiger partial charge is 0.343 e. The van der Waals surface area contributed by atoms with Crippen LogP contribution in [0.2, 0.25) is 5.02 Å². The summed E-state index contributed by atoms with van der Waals surface area (Å²) in [6.07, 6.45) is 2.60. The molecule has 1 N–H and O–H groups in total. The van der Waals surface area contributed by atoms with Crippen molar-refractivity contribution in [1.29, 1.82) is 0 Å². The molecule has 1 heterocycles. The first-order valence-corrected chi connectivity index (χ1v) is 8.16. The molecule has 0 bridgehead atoms. The van der Waals surface area contributed by atoms with Gasteiger partial charge in [0.2, 0.25) is 0 Å². The Morgan fingerprint density at radius 3 is 2.85 bits per heavy atom. The van der Waals surface area contributed by atoms with Gasteiger partial charge in [0.15, 0.2) is 12.4 Å². The highest BCUT2D eigenvalue weighted by Gasteiger charge is 2.11. The summed E-state index contributed by atoms with van der Waals surface area (Å²) in [5.41, 5.74) is 3.17. The minimum Gasteiger partial charge on any atom is -0.479 e. The zero-order chi connectivity index (χ0) is 19.1. The molecular weight excluding hydrogens is 432 g/mol. The number of esters is 1. The number of carbonyl (C=O) groups excluding carboxylic acids is 1. The van der Waals surface area contributed by atoms with Crippen LogP contribution in [0.25, 0.3) is 0 Å². The molecule has 0 saturated carbocycles. The Morgan fingerprint density at radius 1 is 1.50 bits per heavy atom. The summed E-state index contributed by atoms with van der Waals surface area (Å²) in [5.74, 6) is 0.118. The lowest BCUT2D eigenvalue weighted by molar-refractivity contribution is -0.385. The van der Waals surface area contributed by atoms with Crippen molar-refractivity contribution in [3.05, 3.63) is 55.6 Å². The highest BCUT2D eigenvalue weighted by Crippen LogP contribution is 2.34. The highest BCUT2D eigenvalue weighted by molar-refractivity contribution is 9.10. The van der Waals surface area contributed by atoms with Gasteiger partial charge < -0.3 is 9.47 Å². The number of rotatable bonds is 7. The van der Waals surface area contributed by atoms with Crippen LogP contribution in [-0.4, -0.2) is 35.8 Å². The molecule has 1 aromatic carbocycles. The third kappa shape index (κ3) is 5.39. The van der Waals surface area contributed by atoms with E-state index in [9.17, 15) is 14.9 Å². The Balaban J connectivity index is 2.03. The molecule has 1 aromatic heterocycles. The van der Waals surface area contributed by atoms with Crippen LogP contribution in [0.5, 0.6) is 5.75 Å². The van der Waals surface area contributed by atoms with E-state index < -0.39 is 10.9 Å². The van der Waals surface area contributed by atoms with Gasteiger partial charge in [-0.1, -0.05) is 11.6 Å². The third-order valence-electron chi connectivity index (χ3n) is 2.93. The lowest BCUT2D eigenvalue weighted by Gasteiger charge is -2.09. The number of ether oxygens (including phenoxy) is 2. The standard InChI is InChI=1S/C15H12BrClN4O5/c1-25-14(22)8-26-15-11(16)4-9(5-12(15)17)6-19-20-13-3-2-10(7-18-13)21(23)24/h2-7H,8H2,1H3,(H,18,20)/b19-6-. The van der Waals surface area contributed by atoms with Gasteiger partial charge in [-0.3, -0.25) is 15.5 Å². The Kier molecular flexibility index (Phi) is 6.87. The van der Waals surface area contributed by atoms with Crippen molar-refractivity contribution in [2.75, 3.05) is 19.1 Å². The minimum atomic E-state index is -0.538. The lowest BCUT2D eigenvalue weighted by atomic mass is 10.2. The number of carbonyl (C=O) groups is 1. The van der Waals surface area contributed by atoms with Gasteiger partial charge in [0.05, 0.1) is 27.7 Å². The number of nitrogens with one attached hydrogen (secondary N) is 1. The van der Waals surface area contributed by atoms with Crippen LogP contribution in [0.3, 0.4) is 0 Å². The van der Waals surface area contributed by atoms with Gasteiger partial charge in [-0.2, -0.15) is 5.10 Å². The van der Waals surface area contributed by atoms with E-state index in [0.717, 1.165) is 6.20 Å². The molecule has 11 heteroatoms. The summed E-state index contributed by atoms with van der Waals surface area (Å²) in [5, 5.41) is 14.8. The van der Waals surface area contributed by atoms with Crippen molar-refractivity contribution in [3.63, 3.8) is 0 Å². The molecule has 0 aliphatic carbocycles. The summed E-state index contributed by atoms with van der Waals surface area (Å²) in [4.78, 5) is 25.0. The predicted molar refractivity (Wildman–Crippen MR) is 98.8 cm³/mol. The number of hydrogen-bond donors (Lipinski definition) is 1. The first-order chi connectivity index (χ1) is 12.4. The van der Waals surface area contributed by atoms with Crippen molar-refractivity contribution in [3.8, 4) is 5.75 Å². The maximum atomic E-state index is 11.1. The number of nitrogens with zero attached hydrogens (tertiary/aromatic N) is 3. The van der Waals surface area contributed by atoms with Crippen molar-refractivity contribution < 1.29 is 19.2 Å². The van der Waals surface area contributed by atoms with E-state index in [0.29, 0.717) is 21.6 Å². The van der Waals surface area contributed by atoms with E-state index in [2.05, 4.69) is 36.2 Å². The molecule has 0 saturated heterocycles.